The van der Waals surface area contributed by atoms with Crippen molar-refractivity contribution in [1.29, 1.82) is 0 Å². The van der Waals surface area contributed by atoms with Crippen molar-refractivity contribution >= 4 is 38.9 Å². The van der Waals surface area contributed by atoms with Crippen LogP contribution in [0.25, 0.3) is 0 Å². The Morgan fingerprint density at radius 1 is 1.29 bits per heavy atom. The Morgan fingerprint density at radius 3 is 2.57 bits per heavy atom. The predicted octanol–water partition coefficient (Wildman–Crippen LogP) is 4.52. The Hall–Kier alpha value is -1.46. The Bertz CT molecular complexity index is 705. The summed E-state index contributed by atoms with van der Waals surface area (Å²) in [5, 5.41) is 6.16. The number of amides is 1. The molecule has 0 saturated carbocycles. The number of benzene rings is 1. The molecule has 21 heavy (non-hydrogen) atoms. The number of nitrogens with zero attached hydrogens (tertiary/aromatic N) is 2. The van der Waals surface area contributed by atoms with Crippen molar-refractivity contribution in [2.75, 3.05) is 0 Å². The van der Waals surface area contributed by atoms with E-state index in [1.807, 2.05) is 24.3 Å². The van der Waals surface area contributed by atoms with E-state index in [9.17, 15) is 4.79 Å². The fourth-order valence-corrected chi connectivity index (χ4v) is 3.70. The highest BCUT2D eigenvalue weighted by atomic mass is 79.9. The van der Waals surface area contributed by atoms with E-state index in [4.69, 9.17) is 0 Å². The van der Waals surface area contributed by atoms with Crippen LogP contribution in [-0.4, -0.2) is 16.6 Å². The first kappa shape index (κ1) is 14.5. The Labute approximate surface area is 136 Å². The Balaban J connectivity index is 1.92. The van der Waals surface area contributed by atoms with E-state index in [-0.39, 0.29) is 11.9 Å². The Kier molecular flexibility index (Phi) is 3.95. The molecule has 0 bridgehead atoms. The van der Waals surface area contributed by atoms with Gasteiger partial charge in [-0.15, -0.1) is 11.3 Å². The molecule has 1 aliphatic rings. The first-order valence-electron chi connectivity index (χ1n) is 6.74. The highest BCUT2D eigenvalue weighted by Gasteiger charge is 2.32. The van der Waals surface area contributed by atoms with Gasteiger partial charge < -0.3 is 0 Å². The van der Waals surface area contributed by atoms with Gasteiger partial charge in [0.1, 0.15) is 0 Å². The highest BCUT2D eigenvalue weighted by molar-refractivity contribution is 9.10. The van der Waals surface area contributed by atoms with Gasteiger partial charge in [0, 0.05) is 27.6 Å². The number of rotatable bonds is 2. The van der Waals surface area contributed by atoms with Crippen LogP contribution in [0.3, 0.4) is 0 Å². The van der Waals surface area contributed by atoms with Gasteiger partial charge in [-0.1, -0.05) is 28.1 Å². The van der Waals surface area contributed by atoms with Gasteiger partial charge in [-0.3, -0.25) is 4.79 Å². The molecule has 1 aromatic heterocycles. The SMILES string of the molecule is CC(=O)N1N=C(c2ccc(Br)cc2)CC1c1ccc(C)s1. The van der Waals surface area contributed by atoms with E-state index >= 15 is 0 Å². The summed E-state index contributed by atoms with van der Waals surface area (Å²) in [7, 11) is 0. The van der Waals surface area contributed by atoms with E-state index < -0.39 is 0 Å². The van der Waals surface area contributed by atoms with E-state index in [1.54, 1.807) is 23.3 Å². The van der Waals surface area contributed by atoms with Crippen molar-refractivity contribution in [1.82, 2.24) is 5.01 Å². The molecule has 1 aliphatic heterocycles. The first-order valence-corrected chi connectivity index (χ1v) is 8.35. The minimum Gasteiger partial charge on any atom is -0.273 e. The van der Waals surface area contributed by atoms with Gasteiger partial charge >= 0.3 is 0 Å². The monoisotopic (exact) mass is 362 g/mol. The van der Waals surface area contributed by atoms with Crippen LogP contribution in [-0.2, 0) is 4.79 Å². The zero-order valence-corrected chi connectivity index (χ0v) is 14.2. The number of hydrogen-bond acceptors (Lipinski definition) is 3. The quantitative estimate of drug-likeness (QED) is 0.772. The number of aryl methyl sites for hydroxylation is 1. The molecule has 1 unspecified atom stereocenters. The van der Waals surface area contributed by atoms with Crippen LogP contribution in [0.4, 0.5) is 0 Å². The second-order valence-corrected chi connectivity index (χ2v) is 7.32. The fraction of sp³-hybridized carbons (Fsp3) is 0.250. The maximum atomic E-state index is 11.9. The zero-order chi connectivity index (χ0) is 15.0. The molecule has 2 aromatic rings. The first-order chi connectivity index (χ1) is 10.0. The van der Waals surface area contributed by atoms with E-state index in [1.165, 1.54) is 9.75 Å². The number of halogens is 1. The summed E-state index contributed by atoms with van der Waals surface area (Å²) in [5.41, 5.74) is 2.04. The minimum atomic E-state index is -0.0156. The van der Waals surface area contributed by atoms with Crippen LogP contribution in [0.1, 0.15) is 34.7 Å². The molecule has 3 nitrogen and oxygen atoms in total. The minimum absolute atomic E-state index is 0.0156. The molecule has 1 amide bonds. The lowest BCUT2D eigenvalue weighted by Gasteiger charge is -2.18. The second kappa shape index (κ2) is 5.73. The van der Waals surface area contributed by atoms with Crippen LogP contribution in [0.15, 0.2) is 46.0 Å². The number of carbonyl (C=O) groups is 1. The van der Waals surface area contributed by atoms with Crippen LogP contribution >= 0.6 is 27.3 Å². The summed E-state index contributed by atoms with van der Waals surface area (Å²) in [4.78, 5) is 14.3. The van der Waals surface area contributed by atoms with E-state index in [2.05, 4.69) is 40.1 Å². The molecular weight excluding hydrogens is 348 g/mol. The normalized spacial score (nSPS) is 18.0. The largest absolute Gasteiger partial charge is 0.273 e. The summed E-state index contributed by atoms with van der Waals surface area (Å²) in [6, 6.07) is 12.3. The molecule has 0 fully saturated rings. The summed E-state index contributed by atoms with van der Waals surface area (Å²) in [5.74, 6) is -0.0156. The molecule has 108 valence electrons. The molecule has 1 atom stereocenters. The molecule has 3 rings (SSSR count). The van der Waals surface area contributed by atoms with Crippen molar-refractivity contribution < 1.29 is 4.79 Å². The topological polar surface area (TPSA) is 32.7 Å². The number of hydrogen-bond donors (Lipinski definition) is 0. The van der Waals surface area contributed by atoms with Crippen LogP contribution in [0.5, 0.6) is 0 Å². The van der Waals surface area contributed by atoms with Gasteiger partial charge in [0.25, 0.3) is 0 Å². The van der Waals surface area contributed by atoms with Gasteiger partial charge in [-0.25, -0.2) is 5.01 Å². The number of thiophene rings is 1. The summed E-state index contributed by atoms with van der Waals surface area (Å²) in [6.45, 7) is 3.65. The lowest BCUT2D eigenvalue weighted by atomic mass is 10.0. The van der Waals surface area contributed by atoms with Crippen molar-refractivity contribution in [2.24, 2.45) is 5.10 Å². The van der Waals surface area contributed by atoms with Crippen molar-refractivity contribution in [2.45, 2.75) is 26.3 Å². The van der Waals surface area contributed by atoms with Crippen LogP contribution in [0.2, 0.25) is 0 Å². The highest BCUT2D eigenvalue weighted by Crippen LogP contribution is 2.36. The fourth-order valence-electron chi connectivity index (χ4n) is 2.47. The smallest absolute Gasteiger partial charge is 0.240 e. The third-order valence-electron chi connectivity index (χ3n) is 3.50. The molecular formula is C16H15BrN2OS. The molecule has 0 saturated heterocycles. The van der Waals surface area contributed by atoms with Gasteiger partial charge in [-0.2, -0.15) is 5.10 Å². The van der Waals surface area contributed by atoms with Crippen molar-refractivity contribution in [3.8, 4) is 0 Å². The van der Waals surface area contributed by atoms with Crippen molar-refractivity contribution in [3.05, 3.63) is 56.2 Å². The number of carbonyl (C=O) groups excluding carboxylic acids is 1. The maximum absolute atomic E-state index is 11.9. The van der Waals surface area contributed by atoms with Gasteiger partial charge in [-0.05, 0) is 36.8 Å². The summed E-state index contributed by atoms with van der Waals surface area (Å²) >= 11 is 5.17. The maximum Gasteiger partial charge on any atom is 0.240 e. The van der Waals surface area contributed by atoms with Gasteiger partial charge in [0.15, 0.2) is 0 Å². The van der Waals surface area contributed by atoms with E-state index in [0.29, 0.717) is 0 Å². The third-order valence-corrected chi connectivity index (χ3v) is 5.13. The molecule has 1 aromatic carbocycles. The van der Waals surface area contributed by atoms with Gasteiger partial charge in [0.2, 0.25) is 5.91 Å². The summed E-state index contributed by atoms with van der Waals surface area (Å²) < 4.78 is 1.04. The molecule has 2 heterocycles. The molecule has 0 N–H and O–H groups in total. The predicted molar refractivity (Wildman–Crippen MR) is 89.6 cm³/mol. The molecule has 0 spiro atoms. The third kappa shape index (κ3) is 2.94. The lowest BCUT2D eigenvalue weighted by Crippen LogP contribution is -2.23. The summed E-state index contributed by atoms with van der Waals surface area (Å²) in [6.07, 6.45) is 0.765. The molecule has 5 heteroatoms. The van der Waals surface area contributed by atoms with E-state index in [0.717, 1.165) is 22.2 Å². The second-order valence-electron chi connectivity index (χ2n) is 5.09. The van der Waals surface area contributed by atoms with Crippen LogP contribution < -0.4 is 0 Å². The Morgan fingerprint density at radius 2 is 2.00 bits per heavy atom. The lowest BCUT2D eigenvalue weighted by molar-refractivity contribution is -0.130. The molecule has 0 radical (unpaired) electrons. The van der Waals surface area contributed by atoms with Crippen molar-refractivity contribution in [3.63, 3.8) is 0 Å². The standard InChI is InChI=1S/C16H15BrN2OS/c1-10-3-8-16(21-10)15-9-14(18-19(15)11(2)20)12-4-6-13(17)7-5-12/h3-8,15H,9H2,1-2H3. The zero-order valence-electron chi connectivity index (χ0n) is 11.8. The van der Waals surface area contributed by atoms with Crippen LogP contribution in [0, 0.1) is 6.92 Å². The average Bonchev–Trinajstić information content (AvgIpc) is 3.05. The van der Waals surface area contributed by atoms with Gasteiger partial charge in [0.05, 0.1) is 11.8 Å². The average molecular weight is 363 g/mol. The number of hydrazone groups is 1. The molecule has 0 aliphatic carbocycles.